The minimum atomic E-state index is -4.34. The number of alkyl halides is 3. The van der Waals surface area contributed by atoms with Gasteiger partial charge in [0.2, 0.25) is 5.91 Å². The van der Waals surface area contributed by atoms with Crippen molar-refractivity contribution in [3.8, 4) is 11.1 Å². The van der Waals surface area contributed by atoms with Crippen LogP contribution >= 0.6 is 11.8 Å². The van der Waals surface area contributed by atoms with Crippen molar-refractivity contribution in [2.45, 2.75) is 17.3 Å². The van der Waals surface area contributed by atoms with Crippen LogP contribution in [-0.2, 0) is 9.53 Å². The maximum absolute atomic E-state index is 12.6. The summed E-state index contributed by atoms with van der Waals surface area (Å²) in [5.74, 6) is -0.162. The van der Waals surface area contributed by atoms with Crippen molar-refractivity contribution in [3.63, 3.8) is 0 Å². The van der Waals surface area contributed by atoms with Gasteiger partial charge >= 0.3 is 5.51 Å². The SMILES string of the molecule is Cc1ncc(-c2cccc(SC(F)(F)F)c2)cc1NC(=O)CN1CCOCC1. The zero-order valence-electron chi connectivity index (χ0n) is 15.3. The normalized spacial score (nSPS) is 15.4. The summed E-state index contributed by atoms with van der Waals surface area (Å²) >= 11 is -0.159. The van der Waals surface area contributed by atoms with E-state index < -0.39 is 5.51 Å². The average Bonchev–Trinajstić information content (AvgIpc) is 2.63. The minimum absolute atomic E-state index is 0.100. The van der Waals surface area contributed by atoms with E-state index in [-0.39, 0.29) is 29.1 Å². The predicted octanol–water partition coefficient (Wildman–Crippen LogP) is 3.94. The summed E-state index contributed by atoms with van der Waals surface area (Å²) in [6, 6.07) is 7.89. The highest BCUT2D eigenvalue weighted by molar-refractivity contribution is 8.00. The van der Waals surface area contributed by atoms with E-state index in [1.807, 2.05) is 4.90 Å². The fraction of sp³-hybridized carbons (Fsp3) is 0.368. The Bertz CT molecular complexity index is 839. The van der Waals surface area contributed by atoms with Crippen molar-refractivity contribution in [1.29, 1.82) is 0 Å². The number of hydrogen-bond donors (Lipinski definition) is 1. The Kier molecular flexibility index (Phi) is 6.58. The van der Waals surface area contributed by atoms with E-state index in [2.05, 4.69) is 10.3 Å². The molecule has 0 unspecified atom stereocenters. The van der Waals surface area contributed by atoms with Gasteiger partial charge in [0.25, 0.3) is 0 Å². The van der Waals surface area contributed by atoms with Gasteiger partial charge in [-0.3, -0.25) is 14.7 Å². The highest BCUT2D eigenvalue weighted by atomic mass is 32.2. The topological polar surface area (TPSA) is 54.5 Å². The molecule has 0 atom stereocenters. The van der Waals surface area contributed by atoms with Crippen LogP contribution < -0.4 is 5.32 Å². The van der Waals surface area contributed by atoms with Gasteiger partial charge in [-0.15, -0.1) is 0 Å². The van der Waals surface area contributed by atoms with Crippen molar-refractivity contribution in [1.82, 2.24) is 9.88 Å². The number of anilines is 1. The number of morpholine rings is 1. The molecule has 1 aromatic heterocycles. The maximum Gasteiger partial charge on any atom is 0.446 e. The second kappa shape index (κ2) is 8.93. The smallest absolute Gasteiger partial charge is 0.379 e. The number of rotatable bonds is 5. The highest BCUT2D eigenvalue weighted by Gasteiger charge is 2.29. The summed E-state index contributed by atoms with van der Waals surface area (Å²) in [5.41, 5.74) is -1.92. The molecule has 1 aromatic carbocycles. The molecule has 1 aliphatic heterocycles. The number of amides is 1. The number of ether oxygens (including phenoxy) is 1. The van der Waals surface area contributed by atoms with E-state index in [0.29, 0.717) is 48.8 Å². The molecule has 28 heavy (non-hydrogen) atoms. The van der Waals surface area contributed by atoms with Gasteiger partial charge in [0.15, 0.2) is 0 Å². The van der Waals surface area contributed by atoms with E-state index in [4.69, 9.17) is 4.74 Å². The molecule has 1 N–H and O–H groups in total. The van der Waals surface area contributed by atoms with Gasteiger partial charge in [0.1, 0.15) is 0 Å². The van der Waals surface area contributed by atoms with Gasteiger partial charge < -0.3 is 10.1 Å². The van der Waals surface area contributed by atoms with Crippen LogP contribution in [0.15, 0.2) is 41.4 Å². The Balaban J connectivity index is 1.74. The molecule has 9 heteroatoms. The lowest BCUT2D eigenvalue weighted by molar-refractivity contribution is -0.118. The summed E-state index contributed by atoms with van der Waals surface area (Å²) in [4.78, 5) is 18.7. The van der Waals surface area contributed by atoms with Crippen molar-refractivity contribution in [3.05, 3.63) is 42.2 Å². The Morgan fingerprint density at radius 3 is 2.71 bits per heavy atom. The molecule has 3 rings (SSSR count). The van der Waals surface area contributed by atoms with Crippen LogP contribution in [0.5, 0.6) is 0 Å². The van der Waals surface area contributed by atoms with E-state index in [9.17, 15) is 18.0 Å². The predicted molar refractivity (Wildman–Crippen MR) is 102 cm³/mol. The molecule has 1 fully saturated rings. The number of aromatic nitrogens is 1. The molecule has 5 nitrogen and oxygen atoms in total. The van der Waals surface area contributed by atoms with Crippen LogP contribution in [0.2, 0.25) is 0 Å². The number of pyridine rings is 1. The molecule has 150 valence electrons. The van der Waals surface area contributed by atoms with Crippen LogP contribution in [0.25, 0.3) is 11.1 Å². The summed E-state index contributed by atoms with van der Waals surface area (Å²) < 4.78 is 43.1. The number of hydrogen-bond acceptors (Lipinski definition) is 5. The molecular weight excluding hydrogens is 391 g/mol. The van der Waals surface area contributed by atoms with Gasteiger partial charge in [-0.1, -0.05) is 12.1 Å². The largest absolute Gasteiger partial charge is 0.446 e. The van der Waals surface area contributed by atoms with Crippen LogP contribution in [0, 0.1) is 6.92 Å². The highest BCUT2D eigenvalue weighted by Crippen LogP contribution is 2.38. The first-order valence-electron chi connectivity index (χ1n) is 8.73. The van der Waals surface area contributed by atoms with Crippen LogP contribution in [0.4, 0.5) is 18.9 Å². The molecule has 2 aromatic rings. The second-order valence-electron chi connectivity index (χ2n) is 6.37. The second-order valence-corrected chi connectivity index (χ2v) is 7.51. The fourth-order valence-electron chi connectivity index (χ4n) is 2.84. The molecule has 0 spiro atoms. The summed E-state index contributed by atoms with van der Waals surface area (Å²) in [6.45, 7) is 4.64. The quantitative estimate of drug-likeness (QED) is 0.756. The molecule has 0 saturated carbocycles. The molecule has 0 radical (unpaired) electrons. The number of halogens is 3. The number of aryl methyl sites for hydroxylation is 1. The Labute approximate surface area is 165 Å². The van der Waals surface area contributed by atoms with Crippen LogP contribution in [-0.4, -0.2) is 54.1 Å². The zero-order valence-corrected chi connectivity index (χ0v) is 16.1. The van der Waals surface area contributed by atoms with Crippen molar-refractivity contribution in [2.24, 2.45) is 0 Å². The number of carbonyl (C=O) groups excluding carboxylic acids is 1. The van der Waals surface area contributed by atoms with E-state index in [1.54, 1.807) is 31.3 Å². The lowest BCUT2D eigenvalue weighted by Gasteiger charge is -2.25. The van der Waals surface area contributed by atoms with Crippen molar-refractivity contribution in [2.75, 3.05) is 38.2 Å². The Morgan fingerprint density at radius 2 is 2.00 bits per heavy atom. The van der Waals surface area contributed by atoms with E-state index >= 15 is 0 Å². The van der Waals surface area contributed by atoms with Gasteiger partial charge in [-0.2, -0.15) is 13.2 Å². The van der Waals surface area contributed by atoms with Gasteiger partial charge in [0, 0.05) is 29.7 Å². The van der Waals surface area contributed by atoms with Crippen LogP contribution in [0.1, 0.15) is 5.69 Å². The Hall–Kier alpha value is -2.10. The third-order valence-electron chi connectivity index (χ3n) is 4.23. The first-order valence-corrected chi connectivity index (χ1v) is 9.54. The lowest BCUT2D eigenvalue weighted by atomic mass is 10.1. The maximum atomic E-state index is 12.6. The molecule has 1 aliphatic rings. The van der Waals surface area contributed by atoms with Crippen molar-refractivity contribution >= 4 is 23.4 Å². The average molecular weight is 411 g/mol. The molecule has 0 aliphatic carbocycles. The number of nitrogens with zero attached hydrogens (tertiary/aromatic N) is 2. The molecule has 1 saturated heterocycles. The third kappa shape index (κ3) is 5.95. The lowest BCUT2D eigenvalue weighted by Crippen LogP contribution is -2.41. The van der Waals surface area contributed by atoms with E-state index in [1.165, 1.54) is 12.1 Å². The zero-order chi connectivity index (χ0) is 20.1. The number of carbonyl (C=O) groups is 1. The molecule has 2 heterocycles. The van der Waals surface area contributed by atoms with Crippen LogP contribution in [0.3, 0.4) is 0 Å². The monoisotopic (exact) mass is 411 g/mol. The van der Waals surface area contributed by atoms with Gasteiger partial charge in [0.05, 0.1) is 31.1 Å². The van der Waals surface area contributed by atoms with E-state index in [0.717, 1.165) is 0 Å². The number of thioether (sulfide) groups is 1. The summed E-state index contributed by atoms with van der Waals surface area (Å²) in [6.07, 6.45) is 1.59. The summed E-state index contributed by atoms with van der Waals surface area (Å²) in [5, 5.41) is 2.85. The molecule has 1 amide bonds. The molecule has 0 bridgehead atoms. The molecular formula is C19H20F3N3O2S. The third-order valence-corrected chi connectivity index (χ3v) is 4.95. The fourth-order valence-corrected chi connectivity index (χ4v) is 3.44. The van der Waals surface area contributed by atoms with Crippen molar-refractivity contribution < 1.29 is 22.7 Å². The first kappa shape index (κ1) is 20.6. The Morgan fingerprint density at radius 1 is 1.25 bits per heavy atom. The number of benzene rings is 1. The standard InChI is InChI=1S/C19H20F3N3O2S/c1-13-17(24-18(26)12-25-5-7-27-8-6-25)10-15(11-23-13)14-3-2-4-16(9-14)28-19(20,21)22/h2-4,9-11H,5-8,12H2,1H3,(H,24,26). The summed E-state index contributed by atoms with van der Waals surface area (Å²) in [7, 11) is 0. The van der Waals surface area contributed by atoms with Gasteiger partial charge in [-0.25, -0.2) is 0 Å². The van der Waals surface area contributed by atoms with Gasteiger partial charge in [-0.05, 0) is 42.4 Å². The number of nitrogens with one attached hydrogen (secondary N) is 1. The minimum Gasteiger partial charge on any atom is -0.379 e. The first-order chi connectivity index (χ1) is 13.3.